The van der Waals surface area contributed by atoms with E-state index in [9.17, 15) is 4.39 Å². The van der Waals surface area contributed by atoms with Crippen molar-refractivity contribution in [1.29, 1.82) is 0 Å². The molecule has 2 N–H and O–H groups in total. The second-order valence-electron chi connectivity index (χ2n) is 3.93. The first kappa shape index (κ1) is 15.4. The molecule has 1 aromatic carbocycles. The van der Waals surface area contributed by atoms with Gasteiger partial charge in [-0.15, -0.1) is 0 Å². The molecule has 0 aliphatic carbocycles. The monoisotopic (exact) mass is 377 g/mol. The normalized spacial score (nSPS) is 10.4. The van der Waals surface area contributed by atoms with Gasteiger partial charge in [0.25, 0.3) is 0 Å². The maximum atomic E-state index is 13.2. The Morgan fingerprint density at radius 2 is 1.90 bits per heavy atom. The Bertz CT molecular complexity index is 637. The summed E-state index contributed by atoms with van der Waals surface area (Å²) in [5.74, 6) is 0.659. The Kier molecular flexibility index (Phi) is 5.07. The molecular weight excluding hydrogens is 368 g/mol. The number of aromatic nitrogens is 1. The number of anilines is 3. The Morgan fingerprint density at radius 1 is 1.20 bits per heavy atom. The van der Waals surface area contributed by atoms with Crippen molar-refractivity contribution in [3.05, 3.63) is 44.6 Å². The van der Waals surface area contributed by atoms with E-state index < -0.39 is 0 Å². The number of rotatable bonds is 4. The van der Waals surface area contributed by atoms with Crippen LogP contribution in [0.4, 0.5) is 21.7 Å². The average molecular weight is 379 g/mol. The number of hydrogen-bond acceptors (Lipinski definition) is 3. The van der Waals surface area contributed by atoms with Gasteiger partial charge in [0.1, 0.15) is 11.6 Å². The molecule has 0 fully saturated rings. The topological polar surface area (TPSA) is 37.0 Å². The average Bonchev–Trinajstić information content (AvgIpc) is 2.39. The van der Waals surface area contributed by atoms with Gasteiger partial charge in [-0.1, -0.05) is 23.2 Å². The molecule has 0 saturated carbocycles. The smallest absolute Gasteiger partial charge is 0.151 e. The Hall–Kier alpha value is -1.04. The lowest BCUT2D eigenvalue weighted by Gasteiger charge is -2.12. The second-order valence-corrected chi connectivity index (χ2v) is 5.60. The zero-order chi connectivity index (χ0) is 14.7. The highest BCUT2D eigenvalue weighted by Gasteiger charge is 2.10. The molecular formula is C13H11BrCl2FN3. The lowest BCUT2D eigenvalue weighted by atomic mass is 10.3. The molecule has 20 heavy (non-hydrogen) atoms. The van der Waals surface area contributed by atoms with Gasteiger partial charge in [-0.05, 0) is 47.1 Å². The van der Waals surface area contributed by atoms with E-state index in [1.807, 2.05) is 6.92 Å². The first-order chi connectivity index (χ1) is 9.51. The van der Waals surface area contributed by atoms with Crippen LogP contribution in [0.2, 0.25) is 10.0 Å². The quantitative estimate of drug-likeness (QED) is 0.741. The van der Waals surface area contributed by atoms with Gasteiger partial charge in [-0.2, -0.15) is 0 Å². The van der Waals surface area contributed by atoms with Crippen LogP contribution in [0.25, 0.3) is 0 Å². The van der Waals surface area contributed by atoms with Gasteiger partial charge in [0.15, 0.2) is 5.82 Å². The highest BCUT2D eigenvalue weighted by atomic mass is 79.9. The van der Waals surface area contributed by atoms with Crippen LogP contribution in [0.3, 0.4) is 0 Å². The standard InChI is InChI=1S/C13H11BrCl2FN3/c1-2-18-12-9(15)6-10(16)13(20-12)19-7-3-4-11(17)8(14)5-7/h3-6H,2H2,1H3,(H2,18,19,20). The van der Waals surface area contributed by atoms with Crippen molar-refractivity contribution in [2.45, 2.75) is 6.92 Å². The fraction of sp³-hybridized carbons (Fsp3) is 0.154. The largest absolute Gasteiger partial charge is 0.369 e. The van der Waals surface area contributed by atoms with Crippen molar-refractivity contribution in [2.75, 3.05) is 17.2 Å². The number of nitrogens with zero attached hydrogens (tertiary/aromatic N) is 1. The van der Waals surface area contributed by atoms with Gasteiger partial charge in [0.05, 0.1) is 14.5 Å². The van der Waals surface area contributed by atoms with E-state index in [0.29, 0.717) is 38.4 Å². The van der Waals surface area contributed by atoms with Crippen LogP contribution in [0.15, 0.2) is 28.7 Å². The molecule has 1 heterocycles. The lowest BCUT2D eigenvalue weighted by molar-refractivity contribution is 0.621. The number of halogens is 4. The van der Waals surface area contributed by atoms with Crippen molar-refractivity contribution < 1.29 is 4.39 Å². The summed E-state index contributed by atoms with van der Waals surface area (Å²) in [6, 6.07) is 6.16. The molecule has 2 rings (SSSR count). The van der Waals surface area contributed by atoms with Crippen LogP contribution >= 0.6 is 39.1 Å². The van der Waals surface area contributed by atoms with E-state index in [4.69, 9.17) is 23.2 Å². The zero-order valence-corrected chi connectivity index (χ0v) is 13.6. The van der Waals surface area contributed by atoms with Crippen LogP contribution in [-0.2, 0) is 0 Å². The van der Waals surface area contributed by atoms with E-state index in [1.54, 1.807) is 18.2 Å². The predicted molar refractivity (Wildman–Crippen MR) is 85.8 cm³/mol. The summed E-state index contributed by atoms with van der Waals surface area (Å²) in [4.78, 5) is 4.31. The van der Waals surface area contributed by atoms with Gasteiger partial charge in [-0.3, -0.25) is 0 Å². The predicted octanol–water partition coefficient (Wildman–Crippen LogP) is 5.47. The molecule has 0 spiro atoms. The van der Waals surface area contributed by atoms with Gasteiger partial charge >= 0.3 is 0 Å². The summed E-state index contributed by atoms with van der Waals surface area (Å²) in [7, 11) is 0. The number of pyridine rings is 1. The minimum atomic E-state index is -0.334. The molecule has 0 aliphatic heterocycles. The molecule has 7 heteroatoms. The van der Waals surface area contributed by atoms with Crippen LogP contribution in [-0.4, -0.2) is 11.5 Å². The lowest BCUT2D eigenvalue weighted by Crippen LogP contribution is -2.03. The summed E-state index contributed by atoms with van der Waals surface area (Å²) in [5.41, 5.74) is 0.664. The molecule has 0 amide bonds. The zero-order valence-electron chi connectivity index (χ0n) is 10.5. The fourth-order valence-electron chi connectivity index (χ4n) is 1.56. The van der Waals surface area contributed by atoms with Crippen LogP contribution in [0.5, 0.6) is 0 Å². The van der Waals surface area contributed by atoms with Crippen molar-refractivity contribution >= 4 is 56.5 Å². The molecule has 0 radical (unpaired) electrons. The van der Waals surface area contributed by atoms with Crippen molar-refractivity contribution in [3.8, 4) is 0 Å². The molecule has 0 saturated heterocycles. The van der Waals surface area contributed by atoms with E-state index in [0.717, 1.165) is 0 Å². The van der Waals surface area contributed by atoms with Crippen molar-refractivity contribution in [2.24, 2.45) is 0 Å². The molecule has 0 atom stereocenters. The van der Waals surface area contributed by atoms with E-state index in [2.05, 4.69) is 31.5 Å². The second kappa shape index (κ2) is 6.61. The summed E-state index contributed by atoms with van der Waals surface area (Å²) in [6.07, 6.45) is 0. The molecule has 3 nitrogen and oxygen atoms in total. The molecule has 0 aliphatic rings. The molecule has 0 unspecified atom stereocenters. The Morgan fingerprint density at radius 3 is 2.55 bits per heavy atom. The first-order valence-corrected chi connectivity index (χ1v) is 7.38. The Balaban J connectivity index is 2.32. The fourth-order valence-corrected chi connectivity index (χ4v) is 2.41. The van der Waals surface area contributed by atoms with Crippen LogP contribution in [0, 0.1) is 5.82 Å². The number of nitrogens with one attached hydrogen (secondary N) is 2. The molecule has 0 bridgehead atoms. The SMILES string of the molecule is CCNc1nc(Nc2ccc(F)c(Br)c2)c(Cl)cc1Cl. The number of hydrogen-bond donors (Lipinski definition) is 2. The molecule has 2 aromatic rings. The van der Waals surface area contributed by atoms with E-state index >= 15 is 0 Å². The summed E-state index contributed by atoms with van der Waals surface area (Å²) < 4.78 is 13.6. The third-order valence-corrected chi connectivity index (χ3v) is 3.64. The third-order valence-electron chi connectivity index (χ3n) is 2.46. The van der Waals surface area contributed by atoms with Crippen molar-refractivity contribution in [3.63, 3.8) is 0 Å². The van der Waals surface area contributed by atoms with Gasteiger partial charge in [0.2, 0.25) is 0 Å². The maximum absolute atomic E-state index is 13.2. The van der Waals surface area contributed by atoms with Crippen LogP contribution < -0.4 is 10.6 Å². The number of benzene rings is 1. The molecule has 106 valence electrons. The minimum absolute atomic E-state index is 0.334. The highest BCUT2D eigenvalue weighted by Crippen LogP contribution is 2.31. The summed E-state index contributed by atoms with van der Waals surface area (Å²) >= 11 is 15.3. The Labute approximate surface area is 134 Å². The maximum Gasteiger partial charge on any atom is 0.151 e. The molecule has 1 aromatic heterocycles. The van der Waals surface area contributed by atoms with Crippen molar-refractivity contribution in [1.82, 2.24) is 4.98 Å². The van der Waals surface area contributed by atoms with Gasteiger partial charge < -0.3 is 10.6 Å². The van der Waals surface area contributed by atoms with Crippen LogP contribution in [0.1, 0.15) is 6.92 Å². The highest BCUT2D eigenvalue weighted by molar-refractivity contribution is 9.10. The van der Waals surface area contributed by atoms with Gasteiger partial charge in [-0.25, -0.2) is 9.37 Å². The minimum Gasteiger partial charge on any atom is -0.369 e. The van der Waals surface area contributed by atoms with Gasteiger partial charge in [0, 0.05) is 12.2 Å². The van der Waals surface area contributed by atoms with E-state index in [-0.39, 0.29) is 5.82 Å². The summed E-state index contributed by atoms with van der Waals surface area (Å²) in [5, 5.41) is 6.90. The van der Waals surface area contributed by atoms with E-state index in [1.165, 1.54) is 6.07 Å². The summed E-state index contributed by atoms with van der Waals surface area (Å²) in [6.45, 7) is 2.63. The third kappa shape index (κ3) is 3.53. The first-order valence-electron chi connectivity index (χ1n) is 5.83.